The molecule has 18 heavy (non-hydrogen) atoms. The number of fused-ring (bicyclic) bond motifs is 1. The Morgan fingerprint density at radius 3 is 3.11 bits per heavy atom. The summed E-state index contributed by atoms with van der Waals surface area (Å²) >= 11 is 1.35. The Morgan fingerprint density at radius 2 is 2.44 bits per heavy atom. The van der Waals surface area contributed by atoms with Gasteiger partial charge in [0.1, 0.15) is 17.2 Å². The monoisotopic (exact) mass is 265 g/mol. The number of aliphatic carboxylic acids is 1. The van der Waals surface area contributed by atoms with Gasteiger partial charge in [-0.1, -0.05) is 0 Å². The summed E-state index contributed by atoms with van der Waals surface area (Å²) in [4.78, 5) is 24.1. The molecule has 0 aromatic carbocycles. The van der Waals surface area contributed by atoms with Crippen LogP contribution in [-0.4, -0.2) is 33.4 Å². The number of β-lactam (4-membered cyclic amide) rings is 1. The molecule has 0 aromatic heterocycles. The SMILES string of the molecule is O=C(O)C1=CS[C@H]2/C(=C\C3CCC=CO3)C(=O)N12. The van der Waals surface area contributed by atoms with Crippen LogP contribution in [0, 0.1) is 0 Å². The van der Waals surface area contributed by atoms with Gasteiger partial charge in [-0.25, -0.2) is 4.79 Å². The Hall–Kier alpha value is -1.69. The first-order valence-corrected chi connectivity index (χ1v) is 6.57. The van der Waals surface area contributed by atoms with E-state index in [-0.39, 0.29) is 23.1 Å². The number of rotatable bonds is 2. The predicted octanol–water partition coefficient (Wildman–Crippen LogP) is 1.45. The Bertz CT molecular complexity index is 508. The van der Waals surface area contributed by atoms with E-state index in [9.17, 15) is 9.59 Å². The van der Waals surface area contributed by atoms with Crippen LogP contribution in [0.4, 0.5) is 0 Å². The molecule has 94 valence electrons. The van der Waals surface area contributed by atoms with Crippen molar-refractivity contribution in [3.05, 3.63) is 35.1 Å². The second-order valence-electron chi connectivity index (χ2n) is 4.22. The molecule has 0 saturated carbocycles. The molecule has 1 N–H and O–H groups in total. The summed E-state index contributed by atoms with van der Waals surface area (Å²) < 4.78 is 5.39. The second-order valence-corrected chi connectivity index (χ2v) is 5.17. The van der Waals surface area contributed by atoms with E-state index in [2.05, 4.69) is 0 Å². The predicted molar refractivity (Wildman–Crippen MR) is 65.3 cm³/mol. The van der Waals surface area contributed by atoms with Gasteiger partial charge in [0.2, 0.25) is 0 Å². The first kappa shape index (κ1) is 11.4. The molecule has 5 nitrogen and oxygen atoms in total. The molecule has 0 aromatic rings. The summed E-state index contributed by atoms with van der Waals surface area (Å²) in [6.45, 7) is 0. The number of allylic oxidation sites excluding steroid dienone is 1. The fourth-order valence-electron chi connectivity index (χ4n) is 2.16. The van der Waals surface area contributed by atoms with Crippen LogP contribution in [0.25, 0.3) is 0 Å². The fraction of sp³-hybridized carbons (Fsp3) is 0.333. The molecule has 6 heteroatoms. The Kier molecular flexibility index (Phi) is 2.66. The fourth-order valence-corrected chi connectivity index (χ4v) is 3.29. The quantitative estimate of drug-likeness (QED) is 0.604. The minimum atomic E-state index is -1.06. The van der Waals surface area contributed by atoms with Crippen molar-refractivity contribution in [1.82, 2.24) is 4.90 Å². The number of carboxylic acid groups (broad SMARTS) is 1. The topological polar surface area (TPSA) is 66.8 Å². The summed E-state index contributed by atoms with van der Waals surface area (Å²) in [6, 6.07) is 0. The van der Waals surface area contributed by atoms with Gasteiger partial charge >= 0.3 is 5.97 Å². The third-order valence-corrected chi connectivity index (χ3v) is 4.17. The minimum Gasteiger partial charge on any atom is -0.494 e. The van der Waals surface area contributed by atoms with E-state index in [1.807, 2.05) is 12.2 Å². The number of carboxylic acids is 1. The molecule has 0 spiro atoms. The third-order valence-electron chi connectivity index (χ3n) is 3.09. The lowest BCUT2D eigenvalue weighted by molar-refractivity contribution is -0.141. The van der Waals surface area contributed by atoms with Crippen LogP contribution in [0.5, 0.6) is 0 Å². The van der Waals surface area contributed by atoms with Crippen LogP contribution >= 0.6 is 11.8 Å². The molecular weight excluding hydrogens is 254 g/mol. The van der Waals surface area contributed by atoms with E-state index in [1.165, 1.54) is 22.1 Å². The lowest BCUT2D eigenvalue weighted by atomic mass is 10.0. The van der Waals surface area contributed by atoms with Gasteiger partial charge in [0.25, 0.3) is 5.91 Å². The summed E-state index contributed by atoms with van der Waals surface area (Å²) in [5.74, 6) is -1.29. The first-order valence-electron chi connectivity index (χ1n) is 5.63. The number of hydrogen-bond acceptors (Lipinski definition) is 4. The van der Waals surface area contributed by atoms with Crippen molar-refractivity contribution in [2.75, 3.05) is 0 Å². The van der Waals surface area contributed by atoms with E-state index >= 15 is 0 Å². The van der Waals surface area contributed by atoms with Crippen molar-refractivity contribution >= 4 is 23.6 Å². The number of amides is 1. The van der Waals surface area contributed by atoms with Gasteiger partial charge in [-0.05, 0) is 25.0 Å². The molecule has 1 unspecified atom stereocenters. The van der Waals surface area contributed by atoms with Crippen molar-refractivity contribution in [1.29, 1.82) is 0 Å². The number of carbonyl (C=O) groups excluding carboxylic acids is 1. The minimum absolute atomic E-state index is 0.0663. The highest BCUT2D eigenvalue weighted by atomic mass is 32.2. The van der Waals surface area contributed by atoms with Gasteiger partial charge in [-0.3, -0.25) is 9.69 Å². The number of thioether (sulfide) groups is 1. The zero-order valence-corrected chi connectivity index (χ0v) is 10.2. The maximum absolute atomic E-state index is 11.9. The summed E-state index contributed by atoms with van der Waals surface area (Å²) in [5, 5.41) is 10.3. The number of ether oxygens (including phenoxy) is 1. The normalized spacial score (nSPS) is 31.8. The summed E-state index contributed by atoms with van der Waals surface area (Å²) in [5.41, 5.74) is 0.712. The Balaban J connectivity index is 1.75. The van der Waals surface area contributed by atoms with Crippen molar-refractivity contribution in [2.45, 2.75) is 24.3 Å². The van der Waals surface area contributed by atoms with Crippen molar-refractivity contribution < 1.29 is 19.4 Å². The van der Waals surface area contributed by atoms with Crippen LogP contribution in [0.2, 0.25) is 0 Å². The van der Waals surface area contributed by atoms with Crippen LogP contribution in [0.1, 0.15) is 12.8 Å². The lowest BCUT2D eigenvalue weighted by Gasteiger charge is -2.37. The molecular formula is C12H11NO4S. The summed E-state index contributed by atoms with van der Waals surface area (Å²) in [7, 11) is 0. The third kappa shape index (κ3) is 1.64. The molecule has 2 atom stereocenters. The molecule has 1 fully saturated rings. The zero-order chi connectivity index (χ0) is 12.7. The average molecular weight is 265 g/mol. The van der Waals surface area contributed by atoms with Gasteiger partial charge in [0.15, 0.2) is 0 Å². The molecule has 0 aliphatic carbocycles. The lowest BCUT2D eigenvalue weighted by Crippen LogP contribution is -2.51. The maximum Gasteiger partial charge on any atom is 0.353 e. The van der Waals surface area contributed by atoms with Gasteiger partial charge < -0.3 is 9.84 Å². The van der Waals surface area contributed by atoms with Crippen molar-refractivity contribution in [2.24, 2.45) is 0 Å². The van der Waals surface area contributed by atoms with E-state index in [0.717, 1.165) is 12.8 Å². The van der Waals surface area contributed by atoms with E-state index in [4.69, 9.17) is 9.84 Å². The van der Waals surface area contributed by atoms with Crippen molar-refractivity contribution in [3.8, 4) is 0 Å². The molecule has 3 rings (SSSR count). The van der Waals surface area contributed by atoms with E-state index < -0.39 is 5.97 Å². The van der Waals surface area contributed by atoms with Crippen LogP contribution in [-0.2, 0) is 14.3 Å². The van der Waals surface area contributed by atoms with Crippen LogP contribution in [0.3, 0.4) is 0 Å². The van der Waals surface area contributed by atoms with Crippen LogP contribution in [0.15, 0.2) is 35.1 Å². The van der Waals surface area contributed by atoms with Gasteiger partial charge in [0.05, 0.1) is 11.8 Å². The standard InChI is InChI=1S/C12H11NO4S/c14-10-8(5-7-3-1-2-4-17-7)11-13(10)9(6-18-11)12(15)16/h2,4-7,11H,1,3H2,(H,15,16)/b8-5-/t7?,11-/m0/s1. The molecule has 0 bridgehead atoms. The van der Waals surface area contributed by atoms with Gasteiger partial charge in [-0.15, -0.1) is 11.8 Å². The molecule has 1 saturated heterocycles. The average Bonchev–Trinajstić information content (AvgIpc) is 2.77. The highest BCUT2D eigenvalue weighted by Gasteiger charge is 2.49. The van der Waals surface area contributed by atoms with Crippen LogP contribution < -0.4 is 0 Å². The van der Waals surface area contributed by atoms with Gasteiger partial charge in [0, 0.05) is 5.41 Å². The van der Waals surface area contributed by atoms with Gasteiger partial charge in [-0.2, -0.15) is 0 Å². The number of hydrogen-bond donors (Lipinski definition) is 1. The van der Waals surface area contributed by atoms with Crippen molar-refractivity contribution in [3.63, 3.8) is 0 Å². The first-order chi connectivity index (χ1) is 8.68. The molecule has 3 aliphatic heterocycles. The number of carbonyl (C=O) groups is 2. The maximum atomic E-state index is 11.9. The second kappa shape index (κ2) is 4.20. The number of nitrogens with zero attached hydrogens (tertiary/aromatic N) is 1. The molecule has 1 amide bonds. The zero-order valence-electron chi connectivity index (χ0n) is 9.41. The Labute approximate surface area is 108 Å². The highest BCUT2D eigenvalue weighted by Crippen LogP contribution is 2.44. The largest absolute Gasteiger partial charge is 0.494 e. The highest BCUT2D eigenvalue weighted by molar-refractivity contribution is 8.03. The molecule has 3 heterocycles. The summed E-state index contributed by atoms with van der Waals surface area (Å²) in [6.07, 6.45) is 7.11. The smallest absolute Gasteiger partial charge is 0.353 e. The van der Waals surface area contributed by atoms with E-state index in [1.54, 1.807) is 6.26 Å². The Morgan fingerprint density at radius 1 is 1.61 bits per heavy atom. The van der Waals surface area contributed by atoms with E-state index in [0.29, 0.717) is 5.57 Å². The molecule has 3 aliphatic rings. The molecule has 0 radical (unpaired) electrons.